The maximum absolute atomic E-state index is 13.9. The average Bonchev–Trinajstić information content (AvgIpc) is 3.20. The summed E-state index contributed by atoms with van der Waals surface area (Å²) in [5.41, 5.74) is -0.0113. The molecule has 0 bridgehead atoms. The zero-order chi connectivity index (χ0) is 15.5. The number of esters is 1. The molecule has 1 aliphatic rings. The molecule has 1 aromatic carbocycles. The van der Waals surface area contributed by atoms with Gasteiger partial charge in [-0.2, -0.15) is 5.26 Å². The molecule has 1 fully saturated rings. The molecule has 1 unspecified atom stereocenters. The molecule has 6 heteroatoms. The van der Waals surface area contributed by atoms with Crippen LogP contribution in [0.1, 0.15) is 30.4 Å². The van der Waals surface area contributed by atoms with E-state index in [0.29, 0.717) is 5.75 Å². The molecular formula is C15H16FNO3S. The van der Waals surface area contributed by atoms with Crippen molar-refractivity contribution in [1.82, 2.24) is 0 Å². The van der Waals surface area contributed by atoms with E-state index >= 15 is 0 Å². The number of ether oxygens (including phenoxy) is 1. The third-order valence-electron chi connectivity index (χ3n) is 3.69. The van der Waals surface area contributed by atoms with Gasteiger partial charge >= 0.3 is 5.97 Å². The number of hydrogen-bond donors (Lipinski definition) is 0. The van der Waals surface area contributed by atoms with Gasteiger partial charge in [-0.3, -0.25) is 9.00 Å². The largest absolute Gasteiger partial charge is 0.469 e. The maximum atomic E-state index is 13.9. The van der Waals surface area contributed by atoms with Crippen LogP contribution in [0.4, 0.5) is 4.39 Å². The van der Waals surface area contributed by atoms with Crippen molar-refractivity contribution in [1.29, 1.82) is 5.26 Å². The maximum Gasteiger partial charge on any atom is 0.306 e. The number of nitriles is 1. The first kappa shape index (κ1) is 15.6. The second-order valence-corrected chi connectivity index (χ2v) is 6.83. The zero-order valence-corrected chi connectivity index (χ0v) is 12.5. The Kier molecular flexibility index (Phi) is 4.73. The summed E-state index contributed by atoms with van der Waals surface area (Å²) in [6, 6.07) is 6.27. The zero-order valence-electron chi connectivity index (χ0n) is 11.7. The van der Waals surface area contributed by atoms with Crippen LogP contribution in [-0.4, -0.2) is 23.0 Å². The predicted molar refractivity (Wildman–Crippen MR) is 76.1 cm³/mol. The van der Waals surface area contributed by atoms with Crippen molar-refractivity contribution in [3.8, 4) is 6.07 Å². The molecule has 0 heterocycles. The van der Waals surface area contributed by atoms with E-state index in [2.05, 4.69) is 4.74 Å². The highest BCUT2D eigenvalue weighted by molar-refractivity contribution is 7.84. The van der Waals surface area contributed by atoms with E-state index < -0.39 is 16.6 Å². The summed E-state index contributed by atoms with van der Waals surface area (Å²) >= 11 is 0. The fraction of sp³-hybridized carbons (Fsp3) is 0.467. The lowest BCUT2D eigenvalue weighted by atomic mass is 10.1. The fourth-order valence-corrected chi connectivity index (χ4v) is 4.02. The summed E-state index contributed by atoms with van der Waals surface area (Å²) in [4.78, 5) is 11.3. The Morgan fingerprint density at radius 2 is 2.24 bits per heavy atom. The summed E-state index contributed by atoms with van der Waals surface area (Å²) in [5.74, 6) is -0.490. The van der Waals surface area contributed by atoms with E-state index in [-0.39, 0.29) is 34.7 Å². The Hall–Kier alpha value is -1.74. The van der Waals surface area contributed by atoms with Crippen molar-refractivity contribution in [2.45, 2.75) is 25.0 Å². The van der Waals surface area contributed by atoms with E-state index in [0.717, 1.165) is 12.8 Å². The molecule has 1 aromatic rings. The van der Waals surface area contributed by atoms with Crippen molar-refractivity contribution < 1.29 is 18.1 Å². The van der Waals surface area contributed by atoms with E-state index in [9.17, 15) is 13.4 Å². The number of carbonyl (C=O) groups excluding carboxylic acids is 1. The van der Waals surface area contributed by atoms with Gasteiger partial charge in [-0.1, -0.05) is 12.1 Å². The standard InChI is InChI=1S/C15H16FNO3S/c1-20-13(18)7-15(5-6-15)10-21(19)9-12-4-2-3-11(8-17)14(12)16/h2-4H,5-7,9-10H2,1H3. The highest BCUT2D eigenvalue weighted by Gasteiger charge is 2.45. The summed E-state index contributed by atoms with van der Waals surface area (Å²) < 4.78 is 30.8. The number of halogens is 1. The second kappa shape index (κ2) is 6.35. The summed E-state index contributed by atoms with van der Waals surface area (Å²) in [6.07, 6.45) is 1.94. The molecule has 0 aliphatic heterocycles. The SMILES string of the molecule is COC(=O)CC1(CS(=O)Cc2cccc(C#N)c2F)CC1. The van der Waals surface area contributed by atoms with Crippen molar-refractivity contribution in [2.75, 3.05) is 12.9 Å². The van der Waals surface area contributed by atoms with Crippen LogP contribution in [0.25, 0.3) is 0 Å². The van der Waals surface area contributed by atoms with E-state index in [4.69, 9.17) is 5.26 Å². The van der Waals surface area contributed by atoms with Crippen molar-refractivity contribution in [3.63, 3.8) is 0 Å². The molecule has 0 amide bonds. The average molecular weight is 309 g/mol. The first-order valence-electron chi connectivity index (χ1n) is 6.59. The van der Waals surface area contributed by atoms with E-state index in [1.54, 1.807) is 12.1 Å². The summed E-state index contributed by atoms with van der Waals surface area (Å²) in [7, 11) is 0.0574. The van der Waals surface area contributed by atoms with Gasteiger partial charge in [0, 0.05) is 22.1 Å². The van der Waals surface area contributed by atoms with Crippen molar-refractivity contribution in [2.24, 2.45) is 5.41 Å². The number of hydrogen-bond acceptors (Lipinski definition) is 4. The van der Waals surface area contributed by atoms with Crippen LogP contribution in [0, 0.1) is 22.6 Å². The van der Waals surface area contributed by atoms with Crippen molar-refractivity contribution in [3.05, 3.63) is 35.1 Å². The molecule has 0 radical (unpaired) electrons. The molecule has 0 N–H and O–H groups in total. The van der Waals surface area contributed by atoms with Gasteiger partial charge in [0.25, 0.3) is 0 Å². The van der Waals surface area contributed by atoms with Crippen LogP contribution in [0.3, 0.4) is 0 Å². The molecule has 1 saturated carbocycles. The number of methoxy groups -OCH3 is 1. The van der Waals surface area contributed by atoms with Crippen LogP contribution in [-0.2, 0) is 26.1 Å². The number of carbonyl (C=O) groups is 1. The summed E-state index contributed by atoms with van der Waals surface area (Å²) in [6.45, 7) is 0. The molecular weight excluding hydrogens is 293 g/mol. The van der Waals surface area contributed by atoms with Gasteiger partial charge in [-0.25, -0.2) is 4.39 Å². The third-order valence-corrected chi connectivity index (χ3v) is 5.25. The Balaban J connectivity index is 2.00. The molecule has 112 valence electrons. The fourth-order valence-electron chi connectivity index (χ4n) is 2.27. The lowest BCUT2D eigenvalue weighted by molar-refractivity contribution is -0.141. The predicted octanol–water partition coefficient (Wildman–Crippen LogP) is 2.29. The monoisotopic (exact) mass is 309 g/mol. The quantitative estimate of drug-likeness (QED) is 0.756. The van der Waals surface area contributed by atoms with Gasteiger partial charge in [-0.05, 0) is 24.3 Å². The van der Waals surface area contributed by atoms with Crippen LogP contribution in [0.5, 0.6) is 0 Å². The third kappa shape index (κ3) is 3.88. The molecule has 0 spiro atoms. The van der Waals surface area contributed by atoms with Crippen LogP contribution >= 0.6 is 0 Å². The van der Waals surface area contributed by atoms with Gasteiger partial charge in [0.1, 0.15) is 11.9 Å². The molecule has 1 aliphatic carbocycles. The summed E-state index contributed by atoms with van der Waals surface area (Å²) in [5, 5.41) is 8.78. The first-order valence-corrected chi connectivity index (χ1v) is 8.08. The molecule has 2 rings (SSSR count). The highest BCUT2D eigenvalue weighted by Crippen LogP contribution is 2.49. The second-order valence-electron chi connectivity index (χ2n) is 5.37. The smallest absolute Gasteiger partial charge is 0.306 e. The number of benzene rings is 1. The van der Waals surface area contributed by atoms with Gasteiger partial charge in [0.2, 0.25) is 0 Å². The van der Waals surface area contributed by atoms with Crippen molar-refractivity contribution >= 4 is 16.8 Å². The van der Waals surface area contributed by atoms with E-state index in [1.807, 2.05) is 0 Å². The number of rotatable bonds is 6. The molecule has 21 heavy (non-hydrogen) atoms. The molecule has 0 aromatic heterocycles. The highest BCUT2D eigenvalue weighted by atomic mass is 32.2. The lowest BCUT2D eigenvalue weighted by Crippen LogP contribution is -2.18. The Morgan fingerprint density at radius 1 is 1.52 bits per heavy atom. The van der Waals surface area contributed by atoms with E-state index in [1.165, 1.54) is 19.2 Å². The minimum atomic E-state index is -1.27. The Labute approximate surface area is 125 Å². The van der Waals surface area contributed by atoms with Gasteiger partial charge < -0.3 is 4.74 Å². The first-order chi connectivity index (χ1) is 9.99. The molecule has 1 atom stereocenters. The Morgan fingerprint density at radius 3 is 2.81 bits per heavy atom. The lowest BCUT2D eigenvalue weighted by Gasteiger charge is -2.13. The normalized spacial score (nSPS) is 16.8. The van der Waals surface area contributed by atoms with Crippen LogP contribution in [0.15, 0.2) is 18.2 Å². The minimum absolute atomic E-state index is 0.0415. The van der Waals surface area contributed by atoms with Gasteiger partial charge in [0.15, 0.2) is 0 Å². The Bertz CT molecular complexity index is 620. The molecule has 4 nitrogen and oxygen atoms in total. The number of nitrogens with zero attached hydrogens (tertiary/aromatic N) is 1. The minimum Gasteiger partial charge on any atom is -0.469 e. The van der Waals surface area contributed by atoms with Gasteiger partial charge in [0.05, 0.1) is 24.8 Å². The topological polar surface area (TPSA) is 67.2 Å². The van der Waals surface area contributed by atoms with Crippen LogP contribution in [0.2, 0.25) is 0 Å². The van der Waals surface area contributed by atoms with Gasteiger partial charge in [-0.15, -0.1) is 0 Å². The van der Waals surface area contributed by atoms with Crippen LogP contribution < -0.4 is 0 Å². The molecule has 0 saturated heterocycles.